The molecule has 1 heterocycles. The highest BCUT2D eigenvalue weighted by Crippen LogP contribution is 2.22. The minimum atomic E-state index is -0.0138. The quantitative estimate of drug-likeness (QED) is 0.865. The zero-order valence-corrected chi connectivity index (χ0v) is 13.9. The Labute approximate surface area is 138 Å². The lowest BCUT2D eigenvalue weighted by molar-refractivity contribution is -0.122. The van der Waals surface area contributed by atoms with E-state index in [2.05, 4.69) is 5.32 Å². The molecule has 1 N–H and O–H groups in total. The fourth-order valence-corrected chi connectivity index (χ4v) is 3.29. The molecule has 0 radical (unpaired) electrons. The number of carbonyl (C=O) groups excluding carboxylic acids is 1. The number of hydrogen-bond donors (Lipinski definition) is 1. The normalized spacial score (nSPS) is 10.9. The van der Waals surface area contributed by atoms with Gasteiger partial charge < -0.3 is 5.32 Å². The zero-order chi connectivity index (χ0) is 15.2. The second-order valence-corrected chi connectivity index (χ2v) is 7.02. The minimum Gasteiger partial charge on any atom is -0.351 e. The van der Waals surface area contributed by atoms with Gasteiger partial charge in [-0.25, -0.2) is 0 Å². The average molecular weight is 343 g/mol. The first kappa shape index (κ1) is 16.3. The molecule has 0 saturated heterocycles. The van der Waals surface area contributed by atoms with E-state index >= 15 is 0 Å². The van der Waals surface area contributed by atoms with Gasteiger partial charge in [-0.05, 0) is 36.9 Å². The van der Waals surface area contributed by atoms with E-state index in [4.69, 9.17) is 23.2 Å². The SMILES string of the molecule is CN(CC(=O)NCc1cccc(Cl)c1)Cc1ccc(Cl)s1. The van der Waals surface area contributed by atoms with Gasteiger partial charge in [0.05, 0.1) is 10.9 Å². The van der Waals surface area contributed by atoms with Crippen LogP contribution >= 0.6 is 34.5 Å². The first-order valence-electron chi connectivity index (χ1n) is 6.47. The number of carbonyl (C=O) groups is 1. The number of likely N-dealkylation sites (N-methyl/N-ethyl adjacent to an activating group) is 1. The third-order valence-corrected chi connectivity index (χ3v) is 4.30. The van der Waals surface area contributed by atoms with Crippen LogP contribution in [0, 0.1) is 0 Å². The van der Waals surface area contributed by atoms with Gasteiger partial charge in [0.1, 0.15) is 0 Å². The van der Waals surface area contributed by atoms with Crippen LogP contribution in [0.1, 0.15) is 10.4 Å². The molecule has 0 aliphatic rings. The van der Waals surface area contributed by atoms with E-state index < -0.39 is 0 Å². The van der Waals surface area contributed by atoms with E-state index in [1.54, 1.807) is 0 Å². The monoisotopic (exact) mass is 342 g/mol. The number of benzene rings is 1. The third kappa shape index (κ3) is 5.67. The lowest BCUT2D eigenvalue weighted by atomic mass is 10.2. The highest BCUT2D eigenvalue weighted by Gasteiger charge is 2.08. The molecule has 112 valence electrons. The number of rotatable bonds is 6. The molecule has 0 unspecified atom stereocenters. The van der Waals surface area contributed by atoms with Crippen molar-refractivity contribution in [1.82, 2.24) is 10.2 Å². The number of hydrogen-bond acceptors (Lipinski definition) is 3. The van der Waals surface area contributed by atoms with E-state index in [-0.39, 0.29) is 5.91 Å². The summed E-state index contributed by atoms with van der Waals surface area (Å²) in [7, 11) is 1.91. The summed E-state index contributed by atoms with van der Waals surface area (Å²) in [5.41, 5.74) is 0.989. The van der Waals surface area contributed by atoms with Gasteiger partial charge in [0.2, 0.25) is 5.91 Å². The van der Waals surface area contributed by atoms with Crippen LogP contribution in [0.3, 0.4) is 0 Å². The number of amides is 1. The van der Waals surface area contributed by atoms with Gasteiger partial charge in [0.25, 0.3) is 0 Å². The van der Waals surface area contributed by atoms with Crippen LogP contribution in [0.15, 0.2) is 36.4 Å². The van der Waals surface area contributed by atoms with E-state index in [0.717, 1.165) is 14.8 Å². The first-order chi connectivity index (χ1) is 10.0. The molecule has 0 aliphatic heterocycles. The summed E-state index contributed by atoms with van der Waals surface area (Å²) in [5, 5.41) is 3.56. The van der Waals surface area contributed by atoms with Crippen LogP contribution in [0.25, 0.3) is 0 Å². The number of nitrogens with one attached hydrogen (secondary N) is 1. The van der Waals surface area contributed by atoms with Crippen LogP contribution in [0.2, 0.25) is 9.36 Å². The van der Waals surface area contributed by atoms with Gasteiger partial charge in [-0.3, -0.25) is 9.69 Å². The molecule has 1 amide bonds. The van der Waals surface area contributed by atoms with E-state index in [1.807, 2.05) is 48.3 Å². The Bertz CT molecular complexity index is 615. The van der Waals surface area contributed by atoms with Crippen molar-refractivity contribution in [2.45, 2.75) is 13.1 Å². The maximum Gasteiger partial charge on any atom is 0.234 e. The predicted octanol–water partition coefficient (Wildman–Crippen LogP) is 3.80. The Kier molecular flexibility index (Phi) is 6.06. The Morgan fingerprint density at radius 2 is 2.10 bits per heavy atom. The molecule has 21 heavy (non-hydrogen) atoms. The molecule has 0 atom stereocenters. The highest BCUT2D eigenvalue weighted by atomic mass is 35.5. The van der Waals surface area contributed by atoms with Crippen molar-refractivity contribution in [2.75, 3.05) is 13.6 Å². The lowest BCUT2D eigenvalue weighted by Crippen LogP contribution is -2.34. The summed E-state index contributed by atoms with van der Waals surface area (Å²) < 4.78 is 0.767. The molecule has 2 aromatic rings. The number of thiophene rings is 1. The van der Waals surface area contributed by atoms with Crippen LogP contribution in [-0.2, 0) is 17.9 Å². The smallest absolute Gasteiger partial charge is 0.234 e. The number of halogens is 2. The standard InChI is InChI=1S/C15H16Cl2N2OS/c1-19(9-13-5-6-14(17)21-13)10-15(20)18-8-11-3-2-4-12(16)7-11/h2-7H,8-10H2,1H3,(H,18,20). The summed E-state index contributed by atoms with van der Waals surface area (Å²) in [5.74, 6) is -0.0138. The molecule has 3 nitrogen and oxygen atoms in total. The molecular formula is C15H16Cl2N2OS. The highest BCUT2D eigenvalue weighted by molar-refractivity contribution is 7.16. The molecule has 2 rings (SSSR count). The van der Waals surface area contributed by atoms with Crippen molar-refractivity contribution in [3.05, 3.63) is 56.2 Å². The van der Waals surface area contributed by atoms with Gasteiger partial charge >= 0.3 is 0 Å². The van der Waals surface area contributed by atoms with E-state index in [9.17, 15) is 4.79 Å². The van der Waals surface area contributed by atoms with Crippen molar-refractivity contribution < 1.29 is 4.79 Å². The molecule has 1 aromatic carbocycles. The fourth-order valence-electron chi connectivity index (χ4n) is 1.91. The summed E-state index contributed by atoms with van der Waals surface area (Å²) in [6.45, 7) is 1.54. The first-order valence-corrected chi connectivity index (χ1v) is 8.04. The second-order valence-electron chi connectivity index (χ2n) is 4.78. The molecule has 6 heteroatoms. The Hall–Kier alpha value is -1.07. The van der Waals surface area contributed by atoms with Crippen molar-refractivity contribution in [3.8, 4) is 0 Å². The largest absolute Gasteiger partial charge is 0.351 e. The molecule has 0 fully saturated rings. The van der Waals surface area contributed by atoms with E-state index in [0.29, 0.717) is 24.7 Å². The van der Waals surface area contributed by atoms with Crippen LogP contribution in [0.4, 0.5) is 0 Å². The summed E-state index contributed by atoms with van der Waals surface area (Å²) in [6, 6.07) is 11.3. The topological polar surface area (TPSA) is 32.3 Å². The van der Waals surface area contributed by atoms with Gasteiger partial charge in [-0.2, -0.15) is 0 Å². The second kappa shape index (κ2) is 7.80. The summed E-state index contributed by atoms with van der Waals surface area (Å²) in [6.07, 6.45) is 0. The average Bonchev–Trinajstić information content (AvgIpc) is 2.81. The van der Waals surface area contributed by atoms with Gasteiger partial charge in [-0.1, -0.05) is 35.3 Å². The van der Waals surface area contributed by atoms with Crippen LogP contribution < -0.4 is 5.32 Å². The third-order valence-electron chi connectivity index (χ3n) is 2.85. The number of nitrogens with zero attached hydrogens (tertiary/aromatic N) is 1. The molecule has 0 bridgehead atoms. The van der Waals surface area contributed by atoms with Crippen molar-refractivity contribution in [2.24, 2.45) is 0 Å². The summed E-state index contributed by atoms with van der Waals surface area (Å²) >= 11 is 13.3. The Morgan fingerprint density at radius 1 is 1.29 bits per heavy atom. The van der Waals surface area contributed by atoms with Gasteiger partial charge in [0.15, 0.2) is 0 Å². The Morgan fingerprint density at radius 3 is 2.76 bits per heavy atom. The zero-order valence-electron chi connectivity index (χ0n) is 11.6. The van der Waals surface area contributed by atoms with E-state index in [1.165, 1.54) is 11.3 Å². The maximum absolute atomic E-state index is 11.9. The molecule has 0 aliphatic carbocycles. The molecule has 1 aromatic heterocycles. The van der Waals surface area contributed by atoms with Gasteiger partial charge in [0, 0.05) is 23.0 Å². The summed E-state index contributed by atoms with van der Waals surface area (Å²) in [4.78, 5) is 15.0. The van der Waals surface area contributed by atoms with Gasteiger partial charge in [-0.15, -0.1) is 11.3 Å². The maximum atomic E-state index is 11.9. The van der Waals surface area contributed by atoms with Crippen molar-refractivity contribution in [1.29, 1.82) is 0 Å². The molecule has 0 saturated carbocycles. The molecule has 0 spiro atoms. The van der Waals surface area contributed by atoms with Crippen molar-refractivity contribution >= 4 is 40.4 Å². The van der Waals surface area contributed by atoms with Crippen LogP contribution in [0.5, 0.6) is 0 Å². The molecular weight excluding hydrogens is 327 g/mol. The van der Waals surface area contributed by atoms with Crippen LogP contribution in [-0.4, -0.2) is 24.4 Å². The Balaban J connectivity index is 1.76. The van der Waals surface area contributed by atoms with Crippen molar-refractivity contribution in [3.63, 3.8) is 0 Å². The minimum absolute atomic E-state index is 0.0138. The predicted molar refractivity (Wildman–Crippen MR) is 89.0 cm³/mol. The fraction of sp³-hybridized carbons (Fsp3) is 0.267. The lowest BCUT2D eigenvalue weighted by Gasteiger charge is -2.15.